The first-order valence-electron chi connectivity index (χ1n) is 5.46. The third kappa shape index (κ3) is 1.78. The number of ether oxygens (including phenoxy) is 1. The molecule has 2 aromatic rings. The molecule has 2 nitrogen and oxygen atoms in total. The van der Waals surface area contributed by atoms with Crippen LogP contribution in [0.4, 0.5) is 4.39 Å². The number of rotatable bonds is 1. The topological polar surface area (TPSA) is 22.1 Å². The van der Waals surface area contributed by atoms with Crippen LogP contribution in [-0.4, -0.2) is 11.1 Å². The third-order valence-corrected chi connectivity index (χ3v) is 2.84. The summed E-state index contributed by atoms with van der Waals surface area (Å²) in [6.07, 6.45) is 3.91. The maximum atomic E-state index is 13.5. The molecule has 1 atom stereocenters. The predicted molar refractivity (Wildman–Crippen MR) is 63.1 cm³/mol. The number of hydrogen-bond donors (Lipinski definition) is 0. The molecule has 1 aromatic carbocycles. The summed E-state index contributed by atoms with van der Waals surface area (Å²) >= 11 is 0. The Balaban J connectivity index is 2.18. The van der Waals surface area contributed by atoms with Crippen LogP contribution in [0.3, 0.4) is 0 Å². The lowest BCUT2D eigenvalue weighted by molar-refractivity contribution is 0.282. The van der Waals surface area contributed by atoms with E-state index in [1.165, 1.54) is 12.1 Å². The van der Waals surface area contributed by atoms with E-state index in [2.05, 4.69) is 11.9 Å². The minimum atomic E-state index is -0.250. The monoisotopic (exact) mass is 228 g/mol. The Morgan fingerprint density at radius 3 is 3.06 bits per heavy atom. The highest BCUT2D eigenvalue weighted by atomic mass is 19.1. The summed E-state index contributed by atoms with van der Waals surface area (Å²) in [6.45, 7) is 3.86. The lowest BCUT2D eigenvalue weighted by atomic mass is 10.0. The first-order chi connectivity index (χ1) is 8.24. The van der Waals surface area contributed by atoms with Gasteiger partial charge in [-0.25, -0.2) is 4.39 Å². The van der Waals surface area contributed by atoms with Crippen molar-refractivity contribution in [2.75, 3.05) is 0 Å². The molecule has 1 aliphatic rings. The zero-order valence-corrected chi connectivity index (χ0v) is 9.19. The molecule has 0 saturated heterocycles. The fourth-order valence-corrected chi connectivity index (χ4v) is 2.13. The van der Waals surface area contributed by atoms with E-state index in [-0.39, 0.29) is 11.9 Å². The number of fused-ring (bicyclic) bond motifs is 1. The zero-order valence-electron chi connectivity index (χ0n) is 9.19. The molecule has 1 unspecified atom stereocenters. The van der Waals surface area contributed by atoms with Gasteiger partial charge in [0.1, 0.15) is 17.7 Å². The Morgan fingerprint density at radius 2 is 2.29 bits per heavy atom. The maximum Gasteiger partial charge on any atom is 0.131 e. The SMILES string of the molecule is [CH2]C1Cc2cc(F)cc(-c3cccnc3)c2O1. The zero-order chi connectivity index (χ0) is 11.8. The summed E-state index contributed by atoms with van der Waals surface area (Å²) in [6, 6.07) is 6.71. The molecule has 85 valence electrons. The number of nitrogens with zero attached hydrogens (tertiary/aromatic N) is 1. The third-order valence-electron chi connectivity index (χ3n) is 2.84. The van der Waals surface area contributed by atoms with Gasteiger partial charge in [0, 0.05) is 35.5 Å². The molecule has 2 heterocycles. The van der Waals surface area contributed by atoms with E-state index >= 15 is 0 Å². The highest BCUT2D eigenvalue weighted by Gasteiger charge is 2.23. The van der Waals surface area contributed by atoms with E-state index in [0.717, 1.165) is 22.4 Å². The number of pyridine rings is 1. The molecular formula is C14H11FNO. The Kier molecular flexibility index (Phi) is 2.32. The molecule has 0 aliphatic carbocycles. The van der Waals surface area contributed by atoms with Crippen LogP contribution < -0.4 is 4.74 Å². The van der Waals surface area contributed by atoms with E-state index in [4.69, 9.17) is 4.74 Å². The van der Waals surface area contributed by atoms with Crippen molar-refractivity contribution in [2.24, 2.45) is 0 Å². The van der Waals surface area contributed by atoms with Gasteiger partial charge in [-0.05, 0) is 25.1 Å². The van der Waals surface area contributed by atoms with Crippen LogP contribution in [0.5, 0.6) is 5.75 Å². The summed E-state index contributed by atoms with van der Waals surface area (Å²) in [4.78, 5) is 4.04. The minimum absolute atomic E-state index is 0.137. The summed E-state index contributed by atoms with van der Waals surface area (Å²) < 4.78 is 19.2. The van der Waals surface area contributed by atoms with E-state index in [0.29, 0.717) is 6.42 Å². The molecule has 3 heteroatoms. The van der Waals surface area contributed by atoms with Gasteiger partial charge in [0.05, 0.1) is 0 Å². The fourth-order valence-electron chi connectivity index (χ4n) is 2.13. The summed E-state index contributed by atoms with van der Waals surface area (Å²) in [5.41, 5.74) is 2.49. The van der Waals surface area contributed by atoms with Gasteiger partial charge in [-0.15, -0.1) is 0 Å². The molecule has 0 fully saturated rings. The Morgan fingerprint density at radius 1 is 1.41 bits per heavy atom. The standard InChI is InChI=1S/C14H11FNO/c1-9-5-11-6-12(15)7-13(14(11)17-9)10-3-2-4-16-8-10/h2-4,6-9H,1,5H2. The van der Waals surface area contributed by atoms with E-state index in [1.807, 2.05) is 12.1 Å². The second kappa shape index (κ2) is 3.84. The van der Waals surface area contributed by atoms with Gasteiger partial charge in [0.15, 0.2) is 0 Å². The Bertz CT molecular complexity index is 554. The first-order valence-corrected chi connectivity index (χ1v) is 5.46. The average molecular weight is 228 g/mol. The van der Waals surface area contributed by atoms with Gasteiger partial charge in [-0.1, -0.05) is 6.07 Å². The van der Waals surface area contributed by atoms with Gasteiger partial charge in [-0.2, -0.15) is 0 Å². The minimum Gasteiger partial charge on any atom is -0.489 e. The maximum absolute atomic E-state index is 13.5. The van der Waals surface area contributed by atoms with Gasteiger partial charge in [0.25, 0.3) is 0 Å². The summed E-state index contributed by atoms with van der Waals surface area (Å²) in [7, 11) is 0. The number of aromatic nitrogens is 1. The number of halogens is 1. The molecule has 0 N–H and O–H groups in total. The van der Waals surface area contributed by atoms with Gasteiger partial charge < -0.3 is 4.74 Å². The molecule has 1 aliphatic heterocycles. The van der Waals surface area contributed by atoms with Crippen LogP contribution in [0.25, 0.3) is 11.1 Å². The normalized spacial score (nSPS) is 17.6. The van der Waals surface area contributed by atoms with Gasteiger partial charge in [-0.3, -0.25) is 4.98 Å². The van der Waals surface area contributed by atoms with Crippen molar-refractivity contribution >= 4 is 0 Å². The van der Waals surface area contributed by atoms with Crippen molar-refractivity contribution in [1.29, 1.82) is 0 Å². The van der Waals surface area contributed by atoms with Crippen LogP contribution >= 0.6 is 0 Å². The molecule has 1 aromatic heterocycles. The number of benzene rings is 1. The van der Waals surface area contributed by atoms with Crippen LogP contribution in [0.15, 0.2) is 36.7 Å². The van der Waals surface area contributed by atoms with E-state index in [1.54, 1.807) is 12.4 Å². The van der Waals surface area contributed by atoms with Crippen molar-refractivity contribution in [3.63, 3.8) is 0 Å². The highest BCUT2D eigenvalue weighted by molar-refractivity contribution is 5.72. The van der Waals surface area contributed by atoms with E-state index in [9.17, 15) is 4.39 Å². The Labute approximate surface area is 99.1 Å². The second-order valence-corrected chi connectivity index (χ2v) is 4.13. The smallest absolute Gasteiger partial charge is 0.131 e. The van der Waals surface area contributed by atoms with Gasteiger partial charge >= 0.3 is 0 Å². The average Bonchev–Trinajstić information content (AvgIpc) is 2.69. The summed E-state index contributed by atoms with van der Waals surface area (Å²) in [5.74, 6) is 0.486. The lowest BCUT2D eigenvalue weighted by Crippen LogP contribution is -2.06. The first kappa shape index (κ1) is 10.3. The molecular weight excluding hydrogens is 217 g/mol. The quantitative estimate of drug-likeness (QED) is 0.748. The fraction of sp³-hybridized carbons (Fsp3) is 0.143. The summed E-state index contributed by atoms with van der Waals surface area (Å²) in [5, 5.41) is 0. The van der Waals surface area contributed by atoms with Crippen LogP contribution in [-0.2, 0) is 6.42 Å². The molecule has 1 radical (unpaired) electrons. The van der Waals surface area contributed by atoms with Gasteiger partial charge in [0.2, 0.25) is 0 Å². The molecule has 0 spiro atoms. The molecule has 0 bridgehead atoms. The van der Waals surface area contributed by atoms with Crippen LogP contribution in [0.2, 0.25) is 0 Å². The molecule has 0 amide bonds. The Hall–Kier alpha value is -1.90. The van der Waals surface area contributed by atoms with Crippen molar-refractivity contribution < 1.29 is 9.13 Å². The van der Waals surface area contributed by atoms with Crippen molar-refractivity contribution in [1.82, 2.24) is 4.98 Å². The van der Waals surface area contributed by atoms with Crippen molar-refractivity contribution in [3.8, 4) is 16.9 Å². The molecule has 3 rings (SSSR count). The lowest BCUT2D eigenvalue weighted by Gasteiger charge is -2.09. The number of hydrogen-bond acceptors (Lipinski definition) is 2. The van der Waals surface area contributed by atoms with Crippen LogP contribution in [0.1, 0.15) is 5.56 Å². The van der Waals surface area contributed by atoms with Crippen LogP contribution in [0, 0.1) is 12.7 Å². The highest BCUT2D eigenvalue weighted by Crippen LogP contribution is 2.39. The van der Waals surface area contributed by atoms with Crippen molar-refractivity contribution in [3.05, 3.63) is 55.0 Å². The van der Waals surface area contributed by atoms with Crippen molar-refractivity contribution in [2.45, 2.75) is 12.5 Å². The van der Waals surface area contributed by atoms with E-state index < -0.39 is 0 Å². The molecule has 17 heavy (non-hydrogen) atoms. The second-order valence-electron chi connectivity index (χ2n) is 4.13. The predicted octanol–water partition coefficient (Wildman–Crippen LogP) is 3.03. The molecule has 0 saturated carbocycles. The largest absolute Gasteiger partial charge is 0.489 e.